The third kappa shape index (κ3) is 8.09. The largest absolute Gasteiger partial charge is 1.00 e. The topological polar surface area (TPSA) is 95.6 Å². The summed E-state index contributed by atoms with van der Waals surface area (Å²) in [6, 6.07) is 1.01. The van der Waals surface area contributed by atoms with Crippen LogP contribution in [0.5, 0.6) is 0 Å². The van der Waals surface area contributed by atoms with Crippen LogP contribution < -0.4 is 54.0 Å². The van der Waals surface area contributed by atoms with Crippen molar-refractivity contribution in [3.8, 4) is 0 Å². The number of fused-ring (bicyclic) bond motifs is 13. The number of alkyl halides is 2. The molecule has 16 atom stereocenters. The van der Waals surface area contributed by atoms with Crippen LogP contribution in [0.3, 0.4) is 0 Å². The molecule has 354 valence electrons. The number of hydrogen-bond acceptors (Lipinski definition) is 6. The molecular formula is C50H80Br4N4O4-2. The molecule has 62 heavy (non-hydrogen) atoms. The van der Waals surface area contributed by atoms with E-state index in [0.29, 0.717) is 72.3 Å². The molecule has 6 aliphatic heterocycles. The van der Waals surface area contributed by atoms with Crippen LogP contribution in [-0.4, -0.2) is 109 Å². The minimum absolute atomic E-state index is 0. The van der Waals surface area contributed by atoms with E-state index < -0.39 is 21.6 Å². The van der Waals surface area contributed by atoms with Crippen LogP contribution in [0.15, 0.2) is 12.2 Å². The second kappa shape index (κ2) is 18.4. The van der Waals surface area contributed by atoms with Crippen molar-refractivity contribution in [1.82, 2.24) is 9.80 Å². The van der Waals surface area contributed by atoms with Gasteiger partial charge in [-0.15, -0.1) is 0 Å². The van der Waals surface area contributed by atoms with Crippen LogP contribution in [0.25, 0.3) is 0 Å². The van der Waals surface area contributed by atoms with E-state index in [-0.39, 0.29) is 61.0 Å². The van der Waals surface area contributed by atoms with Gasteiger partial charge in [-0.1, -0.05) is 78.6 Å². The molecule has 7 unspecified atom stereocenters. The molecule has 0 aromatic carbocycles. The van der Waals surface area contributed by atoms with E-state index in [1.807, 2.05) is 0 Å². The summed E-state index contributed by atoms with van der Waals surface area (Å²) in [6.07, 6.45) is 15.3. The molecular weight excluding hydrogens is 1040 g/mol. The number of rotatable bonds is 12. The van der Waals surface area contributed by atoms with Gasteiger partial charge in [-0.25, -0.2) is 0 Å². The summed E-state index contributed by atoms with van der Waals surface area (Å²) < 4.78 is 0. The van der Waals surface area contributed by atoms with Crippen molar-refractivity contribution in [2.75, 3.05) is 65.4 Å². The zero-order valence-corrected chi connectivity index (χ0v) is 45.3. The van der Waals surface area contributed by atoms with Crippen molar-refractivity contribution in [1.29, 1.82) is 0 Å². The molecule has 8 nitrogen and oxygen atoms in total. The third-order valence-electron chi connectivity index (χ3n) is 22.1. The van der Waals surface area contributed by atoms with E-state index in [9.17, 15) is 19.8 Å². The highest BCUT2D eigenvalue weighted by molar-refractivity contribution is 9.10. The number of carbonyl (C=O) groups excluding carboxylic acids is 2. The smallest absolute Gasteiger partial charge is 0.104 e. The quantitative estimate of drug-likeness (QED) is 0.172. The highest BCUT2D eigenvalue weighted by Gasteiger charge is 2.71. The average molecular weight is 1120 g/mol. The van der Waals surface area contributed by atoms with Gasteiger partial charge in [0.1, 0.15) is 12.1 Å². The summed E-state index contributed by atoms with van der Waals surface area (Å²) in [4.78, 5) is 32.2. The first-order valence-corrected chi connectivity index (χ1v) is 26.7. The number of halogens is 4. The van der Waals surface area contributed by atoms with Gasteiger partial charge in [0.15, 0.2) is 0 Å². The van der Waals surface area contributed by atoms with E-state index in [0.717, 1.165) is 19.5 Å². The predicted molar refractivity (Wildman–Crippen MR) is 241 cm³/mol. The number of carbonyl (C=O) groups is 2. The van der Waals surface area contributed by atoms with Gasteiger partial charge in [0.2, 0.25) is 0 Å². The summed E-state index contributed by atoms with van der Waals surface area (Å²) in [5.41, 5.74) is 2.54. The molecule has 5 saturated carbocycles. The summed E-state index contributed by atoms with van der Waals surface area (Å²) in [5.74, 6) is 2.50. The number of piperazine rings is 6. The number of allylic oxidation sites excluding steroid dienone is 1. The van der Waals surface area contributed by atoms with Crippen molar-refractivity contribution in [3.63, 3.8) is 0 Å². The molecule has 6 heterocycles. The fourth-order valence-electron chi connectivity index (χ4n) is 19.2. The number of carboxylic acids is 2. The summed E-state index contributed by atoms with van der Waals surface area (Å²) in [6.45, 7) is 32.3. The lowest BCUT2D eigenvalue weighted by Crippen LogP contribution is -3.22. The zero-order valence-electron chi connectivity index (χ0n) is 38.9. The molecule has 0 amide bonds. The van der Waals surface area contributed by atoms with E-state index >= 15 is 0 Å². The maximum absolute atomic E-state index is 12.3. The molecule has 6 saturated heterocycles. The SMILES string of the molecule is C=C(C)[C@@H]1CC[C@]2(CC(CC(Br)C(=O)[O-])C3CN4CC[NH+]3CC4)CC[C@]3(C)[C@H](CC[C@@H]4[C@@]5(C)CCC(C(CC(Br)C(=O)[O-])C6CN7CC[NH+]6CC7)C(C)(C)[C@@H]5CC[C@]43C)[C@@H]12.[Br-].[Br-]. The summed E-state index contributed by atoms with van der Waals surface area (Å²) in [5, 5.41) is 24.6. The van der Waals surface area contributed by atoms with E-state index in [1.165, 1.54) is 122 Å². The number of hydrogen-bond donors (Lipinski definition) is 2. The van der Waals surface area contributed by atoms with Crippen LogP contribution in [0, 0.1) is 74.4 Å². The molecule has 0 aromatic heterocycles. The zero-order chi connectivity index (χ0) is 42.7. The number of quaternary nitrogens is 2. The molecule has 0 radical (unpaired) electrons. The molecule has 12 heteroatoms. The first kappa shape index (κ1) is 50.3. The Morgan fingerprint density at radius 3 is 1.84 bits per heavy atom. The van der Waals surface area contributed by atoms with Crippen molar-refractivity contribution in [3.05, 3.63) is 12.2 Å². The van der Waals surface area contributed by atoms with E-state index in [2.05, 4.69) is 83.2 Å². The van der Waals surface area contributed by atoms with Crippen molar-refractivity contribution >= 4 is 43.8 Å². The lowest BCUT2D eigenvalue weighted by Gasteiger charge is -2.73. The fraction of sp³-hybridized carbons (Fsp3) is 0.920. The van der Waals surface area contributed by atoms with E-state index in [4.69, 9.17) is 6.58 Å². The van der Waals surface area contributed by atoms with Crippen LogP contribution in [0.2, 0.25) is 0 Å². The first-order chi connectivity index (χ1) is 28.3. The standard InChI is InChI=1S/C50H80Br2N4O4.2BrH/c1-31(2)33-10-15-50(28-32(26-37(51)44(57)58)39-29-53-18-22-55(39)23-19-53)17-16-48(6)36(43(33)50)8-9-42-47(5)13-11-35(46(3,4)41(47)12-14-49(42,48)7)34(27-38(52)45(59)60)40-30-54-20-24-56(40)25-21-54;;/h32-43H,1,8-30H2,2-7H3,(H,57,58)(H,59,60);2*1H/p-2/t32?,33-,34?,35?,36+,37?,38?,39?,40?,41-,42+,43+,47-,48+,49+,50+;;/m0../s1. The molecule has 5 aliphatic carbocycles. The molecule has 2 N–H and O–H groups in total. The van der Waals surface area contributed by atoms with Gasteiger partial charge in [0.05, 0.1) is 60.9 Å². The Morgan fingerprint density at radius 1 is 0.710 bits per heavy atom. The number of carboxylic acid groups (broad SMARTS) is 2. The van der Waals surface area contributed by atoms with Crippen LogP contribution in [0.4, 0.5) is 0 Å². The molecule has 11 fully saturated rings. The Bertz CT molecular complexity index is 1670. The lowest BCUT2D eigenvalue weighted by molar-refractivity contribution is -0.944. The van der Waals surface area contributed by atoms with Gasteiger partial charge in [0, 0.05) is 38.0 Å². The van der Waals surface area contributed by atoms with Gasteiger partial charge >= 0.3 is 0 Å². The van der Waals surface area contributed by atoms with Crippen molar-refractivity contribution in [2.24, 2.45) is 74.4 Å². The molecule has 4 bridgehead atoms. The minimum Gasteiger partial charge on any atom is -1.00 e. The van der Waals surface area contributed by atoms with Gasteiger partial charge < -0.3 is 63.6 Å². The molecule has 11 aliphatic rings. The Morgan fingerprint density at radius 2 is 1.29 bits per heavy atom. The lowest BCUT2D eigenvalue weighted by atomic mass is 9.31. The third-order valence-corrected chi connectivity index (χ3v) is 23.6. The van der Waals surface area contributed by atoms with Gasteiger partial charge in [-0.2, -0.15) is 0 Å². The van der Waals surface area contributed by atoms with Gasteiger partial charge in [-0.05, 0) is 153 Å². The fourth-order valence-corrected chi connectivity index (χ4v) is 20.1. The predicted octanol–water partition coefficient (Wildman–Crippen LogP) is -2.14. The second-order valence-electron chi connectivity index (χ2n) is 24.3. The summed E-state index contributed by atoms with van der Waals surface area (Å²) >= 11 is 7.22. The Hall–Kier alpha value is 0.440. The van der Waals surface area contributed by atoms with Crippen molar-refractivity contribution < 1.29 is 63.6 Å². The Balaban J connectivity index is 0.00000289. The Labute approximate surface area is 413 Å². The highest BCUT2D eigenvalue weighted by atomic mass is 79.9. The highest BCUT2D eigenvalue weighted by Crippen LogP contribution is 2.78. The van der Waals surface area contributed by atoms with Crippen LogP contribution in [-0.2, 0) is 9.59 Å². The maximum Gasteiger partial charge on any atom is 0.104 e. The average Bonchev–Trinajstić information content (AvgIpc) is 3.60. The van der Waals surface area contributed by atoms with Gasteiger partial charge in [-0.3, -0.25) is 9.80 Å². The molecule has 0 spiro atoms. The van der Waals surface area contributed by atoms with Crippen LogP contribution in [0.1, 0.15) is 125 Å². The van der Waals surface area contributed by atoms with Crippen molar-refractivity contribution in [2.45, 2.75) is 147 Å². The van der Waals surface area contributed by atoms with E-state index in [1.54, 1.807) is 9.80 Å². The van der Waals surface area contributed by atoms with Gasteiger partial charge in [0.25, 0.3) is 0 Å². The first-order valence-electron chi connectivity index (χ1n) is 24.8. The van der Waals surface area contributed by atoms with Crippen LogP contribution >= 0.6 is 31.9 Å². The summed E-state index contributed by atoms with van der Waals surface area (Å²) in [7, 11) is 0. The molecule has 11 rings (SSSR count). The monoisotopic (exact) mass is 1120 g/mol. The second-order valence-corrected chi connectivity index (χ2v) is 26.5. The number of nitrogens with one attached hydrogen (secondary N) is 2. The minimum atomic E-state index is -0.950. The Kier molecular flexibility index (Phi) is 14.9. The molecule has 0 aromatic rings. The normalized spacial score (nSPS) is 48.1. The number of aliphatic carboxylic acids is 2. The maximum atomic E-state index is 12.3. The number of nitrogens with zero attached hydrogens (tertiary/aromatic N) is 2.